The van der Waals surface area contributed by atoms with Crippen molar-refractivity contribution in [3.8, 4) is 5.75 Å². The van der Waals surface area contributed by atoms with Gasteiger partial charge in [-0.15, -0.1) is 0 Å². The predicted molar refractivity (Wildman–Crippen MR) is 74.9 cm³/mol. The Morgan fingerprint density at radius 3 is 2.58 bits per heavy atom. The van der Waals surface area contributed by atoms with Crippen LogP contribution in [0, 0.1) is 6.92 Å². The molecular weight excluding hydrogens is 268 g/mol. The van der Waals surface area contributed by atoms with Gasteiger partial charge in [-0.25, -0.2) is 0 Å². The van der Waals surface area contributed by atoms with Gasteiger partial charge < -0.3 is 14.3 Å². The number of ether oxygens (including phenoxy) is 2. The van der Waals surface area contributed by atoms with Crippen LogP contribution in [0.25, 0.3) is 0 Å². The molecule has 0 amide bonds. The van der Waals surface area contributed by atoms with Gasteiger partial charge in [-0.1, -0.05) is 17.7 Å². The molecule has 1 rings (SSSR count). The topological polar surface area (TPSA) is 52.6 Å². The standard InChI is InChI=1S/C11H11ClO3.C3H8O/c1-8-10(12)3-2-4-11(8)15-7-9(14)5-6-13;1-3-4-2/h2-4,6H,5,7H2,1H3;3H2,1-2H3. The van der Waals surface area contributed by atoms with Crippen molar-refractivity contribution in [2.24, 2.45) is 0 Å². The molecule has 0 radical (unpaired) electrons. The highest BCUT2D eigenvalue weighted by atomic mass is 35.5. The van der Waals surface area contributed by atoms with Gasteiger partial charge in [-0.05, 0) is 26.0 Å². The van der Waals surface area contributed by atoms with E-state index in [0.717, 1.165) is 12.2 Å². The Bertz CT molecular complexity index is 402. The van der Waals surface area contributed by atoms with Crippen LogP contribution in [0.4, 0.5) is 0 Å². The van der Waals surface area contributed by atoms with Crippen molar-refractivity contribution in [1.29, 1.82) is 0 Å². The summed E-state index contributed by atoms with van der Waals surface area (Å²) in [5.41, 5.74) is 0.790. The molecule has 0 saturated heterocycles. The molecule has 4 nitrogen and oxygen atoms in total. The van der Waals surface area contributed by atoms with Gasteiger partial charge in [0.25, 0.3) is 0 Å². The van der Waals surface area contributed by atoms with E-state index in [1.807, 2.05) is 13.8 Å². The zero-order valence-electron chi connectivity index (χ0n) is 11.4. The molecule has 0 spiro atoms. The number of hydrogen-bond acceptors (Lipinski definition) is 4. The smallest absolute Gasteiger partial charge is 0.177 e. The van der Waals surface area contributed by atoms with Crippen molar-refractivity contribution >= 4 is 23.7 Å². The third-order valence-electron chi connectivity index (χ3n) is 2.21. The first-order chi connectivity index (χ1) is 9.06. The molecule has 0 N–H and O–H groups in total. The molecule has 5 heteroatoms. The summed E-state index contributed by atoms with van der Waals surface area (Å²) in [5, 5.41) is 0.593. The minimum absolute atomic E-state index is 0.0973. The third-order valence-corrected chi connectivity index (χ3v) is 2.62. The molecule has 0 saturated carbocycles. The molecule has 0 aliphatic carbocycles. The second kappa shape index (κ2) is 10.5. The van der Waals surface area contributed by atoms with Crippen LogP contribution in [-0.2, 0) is 14.3 Å². The van der Waals surface area contributed by atoms with Crippen molar-refractivity contribution in [3.05, 3.63) is 28.8 Å². The Morgan fingerprint density at radius 1 is 1.42 bits per heavy atom. The molecule has 0 unspecified atom stereocenters. The number of carbonyl (C=O) groups excluding carboxylic acids is 2. The summed E-state index contributed by atoms with van der Waals surface area (Å²) in [4.78, 5) is 21.1. The van der Waals surface area contributed by atoms with Gasteiger partial charge in [0.2, 0.25) is 0 Å². The van der Waals surface area contributed by atoms with Gasteiger partial charge in [0.05, 0.1) is 6.42 Å². The van der Waals surface area contributed by atoms with Crippen LogP contribution in [0.3, 0.4) is 0 Å². The van der Waals surface area contributed by atoms with Gasteiger partial charge in [-0.2, -0.15) is 0 Å². The Hall–Kier alpha value is -1.39. The maximum absolute atomic E-state index is 11.0. The summed E-state index contributed by atoms with van der Waals surface area (Å²) in [6, 6.07) is 5.22. The molecule has 0 heterocycles. The number of carbonyl (C=O) groups is 2. The quantitative estimate of drug-likeness (QED) is 0.596. The lowest BCUT2D eigenvalue weighted by molar-refractivity contribution is -0.123. The van der Waals surface area contributed by atoms with Crippen LogP contribution < -0.4 is 4.74 Å². The molecule has 1 aromatic rings. The van der Waals surface area contributed by atoms with Crippen LogP contribution in [0.5, 0.6) is 5.75 Å². The minimum Gasteiger partial charge on any atom is -0.485 e. The van der Waals surface area contributed by atoms with E-state index >= 15 is 0 Å². The van der Waals surface area contributed by atoms with Crippen LogP contribution in [-0.4, -0.2) is 32.4 Å². The van der Waals surface area contributed by atoms with Crippen molar-refractivity contribution in [2.75, 3.05) is 20.3 Å². The summed E-state index contributed by atoms with van der Waals surface area (Å²) in [6.45, 7) is 4.49. The zero-order chi connectivity index (χ0) is 14.7. The van der Waals surface area contributed by atoms with Crippen molar-refractivity contribution < 1.29 is 19.1 Å². The number of Topliss-reactive ketones (excluding diaryl/α,β-unsaturated/α-hetero) is 1. The first kappa shape index (κ1) is 17.6. The second-order valence-corrected chi connectivity index (χ2v) is 4.05. The summed E-state index contributed by atoms with van der Waals surface area (Å²) in [6.07, 6.45) is 0.454. The molecular formula is C14H19ClO4. The van der Waals surface area contributed by atoms with E-state index in [0.29, 0.717) is 17.1 Å². The molecule has 0 aliphatic heterocycles. The highest BCUT2D eigenvalue weighted by Gasteiger charge is 2.06. The monoisotopic (exact) mass is 286 g/mol. The Morgan fingerprint density at radius 2 is 2.05 bits per heavy atom. The van der Waals surface area contributed by atoms with Crippen LogP contribution >= 0.6 is 11.6 Å². The fraction of sp³-hybridized carbons (Fsp3) is 0.429. The molecule has 0 atom stereocenters. The van der Waals surface area contributed by atoms with E-state index in [1.165, 1.54) is 0 Å². The Labute approximate surface area is 118 Å². The van der Waals surface area contributed by atoms with E-state index in [4.69, 9.17) is 16.3 Å². The van der Waals surface area contributed by atoms with E-state index in [9.17, 15) is 9.59 Å². The fourth-order valence-corrected chi connectivity index (χ4v) is 1.22. The summed E-state index contributed by atoms with van der Waals surface area (Å²) in [7, 11) is 1.68. The molecule has 0 fully saturated rings. The van der Waals surface area contributed by atoms with Crippen LogP contribution in [0.15, 0.2) is 18.2 Å². The number of benzene rings is 1. The lowest BCUT2D eigenvalue weighted by Gasteiger charge is -2.08. The van der Waals surface area contributed by atoms with Gasteiger partial charge >= 0.3 is 0 Å². The van der Waals surface area contributed by atoms with Gasteiger partial charge in [-0.3, -0.25) is 4.79 Å². The first-order valence-corrected chi connectivity index (χ1v) is 6.26. The van der Waals surface area contributed by atoms with Crippen molar-refractivity contribution in [2.45, 2.75) is 20.3 Å². The highest BCUT2D eigenvalue weighted by molar-refractivity contribution is 6.31. The summed E-state index contributed by atoms with van der Waals surface area (Å²) < 4.78 is 9.78. The van der Waals surface area contributed by atoms with Gasteiger partial charge in [0.15, 0.2) is 5.78 Å². The summed E-state index contributed by atoms with van der Waals surface area (Å²) in [5.74, 6) is 0.325. The van der Waals surface area contributed by atoms with Crippen molar-refractivity contribution in [1.82, 2.24) is 0 Å². The molecule has 106 valence electrons. The SMILES string of the molecule is CCOC.Cc1c(Cl)cccc1OCC(=O)CC=O. The van der Waals surface area contributed by atoms with Gasteiger partial charge in [0.1, 0.15) is 18.6 Å². The number of rotatable bonds is 6. The summed E-state index contributed by atoms with van der Waals surface area (Å²) >= 11 is 5.87. The number of ketones is 1. The molecule has 19 heavy (non-hydrogen) atoms. The number of aldehydes is 1. The number of methoxy groups -OCH3 is 1. The Balaban J connectivity index is 0.000000711. The van der Waals surface area contributed by atoms with E-state index in [1.54, 1.807) is 25.3 Å². The number of halogens is 1. The maximum atomic E-state index is 11.0. The molecule has 0 bridgehead atoms. The second-order valence-electron chi connectivity index (χ2n) is 3.64. The molecule has 0 aromatic heterocycles. The zero-order valence-corrected chi connectivity index (χ0v) is 12.2. The predicted octanol–water partition coefficient (Wildman–Crippen LogP) is 2.84. The first-order valence-electron chi connectivity index (χ1n) is 5.89. The van der Waals surface area contributed by atoms with E-state index < -0.39 is 0 Å². The normalized spacial score (nSPS) is 9.26. The average Bonchev–Trinajstić information content (AvgIpc) is 2.41. The highest BCUT2D eigenvalue weighted by Crippen LogP contribution is 2.24. The largest absolute Gasteiger partial charge is 0.485 e. The van der Waals surface area contributed by atoms with E-state index in [-0.39, 0.29) is 18.8 Å². The lowest BCUT2D eigenvalue weighted by atomic mass is 10.2. The van der Waals surface area contributed by atoms with Crippen molar-refractivity contribution in [3.63, 3.8) is 0 Å². The molecule has 0 aliphatic rings. The molecule has 1 aromatic carbocycles. The van der Waals surface area contributed by atoms with Gasteiger partial charge in [0, 0.05) is 24.3 Å². The fourth-order valence-electron chi connectivity index (χ4n) is 1.05. The van der Waals surface area contributed by atoms with Crippen LogP contribution in [0.2, 0.25) is 5.02 Å². The minimum atomic E-state index is -0.246. The Kier molecular flexibility index (Phi) is 9.75. The third kappa shape index (κ3) is 7.59. The average molecular weight is 287 g/mol. The number of hydrogen-bond donors (Lipinski definition) is 0. The lowest BCUT2D eigenvalue weighted by Crippen LogP contribution is -2.11. The van der Waals surface area contributed by atoms with Crippen LogP contribution in [0.1, 0.15) is 18.9 Å². The maximum Gasteiger partial charge on any atom is 0.177 e. The van der Waals surface area contributed by atoms with E-state index in [2.05, 4.69) is 4.74 Å².